The molecule has 0 saturated carbocycles. The summed E-state index contributed by atoms with van der Waals surface area (Å²) in [7, 11) is 0. The van der Waals surface area contributed by atoms with Crippen molar-refractivity contribution in [1.82, 2.24) is 0 Å². The summed E-state index contributed by atoms with van der Waals surface area (Å²) in [6.07, 6.45) is 3.80. The minimum Gasteiger partial charge on any atom is -0.481 e. The lowest BCUT2D eigenvalue weighted by Crippen LogP contribution is -1.97. The van der Waals surface area contributed by atoms with E-state index in [1.165, 1.54) is 6.08 Å². The van der Waals surface area contributed by atoms with Crippen LogP contribution in [0.2, 0.25) is 0 Å². The van der Waals surface area contributed by atoms with Gasteiger partial charge in [0.1, 0.15) is 0 Å². The number of hydrogen-bond acceptors (Lipinski definition) is 2. The number of carbonyl (C=O) groups is 1. The Bertz CT molecular complexity index is 399. The van der Waals surface area contributed by atoms with Crippen LogP contribution in [0.5, 0.6) is 0 Å². The van der Waals surface area contributed by atoms with Crippen LogP contribution in [0.4, 0.5) is 0 Å². The maximum Gasteiger partial charge on any atom is 0.303 e. The summed E-state index contributed by atoms with van der Waals surface area (Å²) in [5, 5.41) is 16.8. The summed E-state index contributed by atoms with van der Waals surface area (Å²) in [5.74, 6) is -0.788. The van der Waals surface area contributed by atoms with Gasteiger partial charge in [0.05, 0.1) is 6.07 Å². The highest BCUT2D eigenvalue weighted by Gasteiger charge is 1.98. The first-order valence-electron chi connectivity index (χ1n) is 4.59. The van der Waals surface area contributed by atoms with E-state index in [1.807, 2.05) is 30.3 Å². The van der Waals surface area contributed by atoms with E-state index < -0.39 is 5.97 Å². The van der Waals surface area contributed by atoms with E-state index in [1.54, 1.807) is 6.08 Å². The fourth-order valence-corrected chi connectivity index (χ4v) is 1.18. The minimum atomic E-state index is -0.788. The molecule has 0 aliphatic rings. The van der Waals surface area contributed by atoms with Crippen molar-refractivity contribution >= 4 is 12.0 Å². The molecule has 0 aromatic heterocycles. The van der Waals surface area contributed by atoms with Crippen molar-refractivity contribution in [3.8, 4) is 6.07 Å². The van der Waals surface area contributed by atoms with Crippen LogP contribution >= 0.6 is 0 Å². The highest BCUT2D eigenvalue weighted by Crippen LogP contribution is 2.08. The van der Waals surface area contributed by atoms with Crippen molar-refractivity contribution < 1.29 is 9.90 Å². The number of carboxylic acids is 1. The Balaban J connectivity index is 2.61. The van der Waals surface area contributed by atoms with Gasteiger partial charge in [-0.2, -0.15) is 5.26 Å². The van der Waals surface area contributed by atoms with Crippen LogP contribution in [-0.4, -0.2) is 11.1 Å². The highest BCUT2D eigenvalue weighted by molar-refractivity contribution is 5.67. The smallest absolute Gasteiger partial charge is 0.303 e. The number of hydrogen-bond donors (Lipinski definition) is 1. The molecule has 0 unspecified atom stereocenters. The van der Waals surface area contributed by atoms with E-state index in [0.29, 0.717) is 6.42 Å². The average molecular weight is 201 g/mol. The SMILES string of the molecule is N#C/C=C/c1ccc(CCC(=O)O)cc1. The summed E-state index contributed by atoms with van der Waals surface area (Å²) in [6.45, 7) is 0. The van der Waals surface area contributed by atoms with Crippen LogP contribution in [0.15, 0.2) is 30.3 Å². The van der Waals surface area contributed by atoms with E-state index in [-0.39, 0.29) is 6.42 Å². The van der Waals surface area contributed by atoms with Crippen LogP contribution in [0.3, 0.4) is 0 Å². The zero-order chi connectivity index (χ0) is 11.1. The average Bonchev–Trinajstić information content (AvgIpc) is 2.25. The number of benzene rings is 1. The molecule has 0 atom stereocenters. The number of aryl methyl sites for hydroxylation is 1. The fourth-order valence-electron chi connectivity index (χ4n) is 1.18. The molecule has 3 heteroatoms. The van der Waals surface area contributed by atoms with Gasteiger partial charge in [-0.25, -0.2) is 0 Å². The first-order valence-corrected chi connectivity index (χ1v) is 4.59. The molecule has 1 aromatic rings. The maximum atomic E-state index is 10.3. The van der Waals surface area contributed by atoms with Gasteiger partial charge >= 0.3 is 5.97 Å². The van der Waals surface area contributed by atoms with Crippen molar-refractivity contribution in [2.75, 3.05) is 0 Å². The van der Waals surface area contributed by atoms with E-state index >= 15 is 0 Å². The molecule has 76 valence electrons. The number of allylic oxidation sites excluding steroid dienone is 1. The van der Waals surface area contributed by atoms with Crippen LogP contribution in [0, 0.1) is 11.3 Å². The largest absolute Gasteiger partial charge is 0.481 e. The Morgan fingerprint density at radius 2 is 2.07 bits per heavy atom. The van der Waals surface area contributed by atoms with Gasteiger partial charge in [-0.15, -0.1) is 0 Å². The Morgan fingerprint density at radius 1 is 1.40 bits per heavy atom. The molecular formula is C12H11NO2. The molecular weight excluding hydrogens is 190 g/mol. The first kappa shape index (κ1) is 11.0. The molecule has 0 heterocycles. The summed E-state index contributed by atoms with van der Waals surface area (Å²) >= 11 is 0. The second-order valence-electron chi connectivity index (χ2n) is 3.10. The Morgan fingerprint density at radius 3 is 2.60 bits per heavy atom. The second kappa shape index (κ2) is 5.61. The monoisotopic (exact) mass is 201 g/mol. The van der Waals surface area contributed by atoms with Crippen LogP contribution in [-0.2, 0) is 11.2 Å². The van der Waals surface area contributed by atoms with E-state index in [2.05, 4.69) is 0 Å². The molecule has 1 rings (SSSR count). The molecule has 0 aliphatic carbocycles. The number of nitrogens with zero attached hydrogens (tertiary/aromatic N) is 1. The highest BCUT2D eigenvalue weighted by atomic mass is 16.4. The van der Waals surface area contributed by atoms with E-state index in [0.717, 1.165) is 11.1 Å². The van der Waals surface area contributed by atoms with Gasteiger partial charge in [-0.3, -0.25) is 4.79 Å². The summed E-state index contributed by atoms with van der Waals surface area (Å²) < 4.78 is 0. The number of rotatable bonds is 4. The maximum absolute atomic E-state index is 10.3. The van der Waals surface area contributed by atoms with Crippen molar-refractivity contribution in [3.63, 3.8) is 0 Å². The topological polar surface area (TPSA) is 61.1 Å². The summed E-state index contributed by atoms with van der Waals surface area (Å²) in [5.41, 5.74) is 1.93. The molecule has 0 saturated heterocycles. The van der Waals surface area contributed by atoms with E-state index in [4.69, 9.17) is 10.4 Å². The molecule has 0 amide bonds. The fraction of sp³-hybridized carbons (Fsp3) is 0.167. The Kier molecular flexibility index (Phi) is 4.11. The Labute approximate surface area is 88.3 Å². The molecule has 1 N–H and O–H groups in total. The van der Waals surface area contributed by atoms with Crippen LogP contribution in [0.1, 0.15) is 17.5 Å². The second-order valence-corrected chi connectivity index (χ2v) is 3.10. The van der Waals surface area contributed by atoms with Crippen molar-refractivity contribution in [2.24, 2.45) is 0 Å². The lowest BCUT2D eigenvalue weighted by molar-refractivity contribution is -0.136. The number of aliphatic carboxylic acids is 1. The normalized spacial score (nSPS) is 10.1. The van der Waals surface area contributed by atoms with E-state index in [9.17, 15) is 4.79 Å². The lowest BCUT2D eigenvalue weighted by Gasteiger charge is -1.98. The summed E-state index contributed by atoms with van der Waals surface area (Å²) in [4.78, 5) is 10.3. The quantitative estimate of drug-likeness (QED) is 0.760. The van der Waals surface area contributed by atoms with Gasteiger partial charge in [-0.1, -0.05) is 24.3 Å². The molecule has 0 fully saturated rings. The van der Waals surface area contributed by atoms with Crippen molar-refractivity contribution in [1.29, 1.82) is 5.26 Å². The minimum absolute atomic E-state index is 0.146. The molecule has 0 aliphatic heterocycles. The standard InChI is InChI=1S/C12H11NO2/c13-9-1-2-10-3-5-11(6-4-10)7-8-12(14)15/h1-6H,7-8H2,(H,14,15)/b2-1+. The lowest BCUT2D eigenvalue weighted by atomic mass is 10.1. The zero-order valence-corrected chi connectivity index (χ0v) is 8.18. The molecule has 0 spiro atoms. The Hall–Kier alpha value is -2.08. The number of carboxylic acid groups (broad SMARTS) is 1. The predicted octanol–water partition coefficient (Wildman–Crippen LogP) is 2.24. The molecule has 0 radical (unpaired) electrons. The predicted molar refractivity (Wildman–Crippen MR) is 57.0 cm³/mol. The third kappa shape index (κ3) is 4.10. The first-order chi connectivity index (χ1) is 7.22. The van der Waals surface area contributed by atoms with Gasteiger partial charge in [-0.05, 0) is 23.6 Å². The number of nitriles is 1. The molecule has 0 bridgehead atoms. The van der Waals surface area contributed by atoms with Crippen molar-refractivity contribution in [2.45, 2.75) is 12.8 Å². The van der Waals surface area contributed by atoms with Gasteiger partial charge in [0, 0.05) is 12.5 Å². The van der Waals surface area contributed by atoms with Crippen molar-refractivity contribution in [3.05, 3.63) is 41.5 Å². The summed E-state index contributed by atoms with van der Waals surface area (Å²) in [6, 6.07) is 9.39. The zero-order valence-electron chi connectivity index (χ0n) is 8.18. The van der Waals surface area contributed by atoms with Crippen LogP contribution < -0.4 is 0 Å². The third-order valence-corrected chi connectivity index (χ3v) is 1.96. The third-order valence-electron chi connectivity index (χ3n) is 1.96. The van der Waals surface area contributed by atoms with Gasteiger partial charge in [0.25, 0.3) is 0 Å². The molecule has 15 heavy (non-hydrogen) atoms. The van der Waals surface area contributed by atoms with Gasteiger partial charge < -0.3 is 5.11 Å². The van der Waals surface area contributed by atoms with Crippen LogP contribution in [0.25, 0.3) is 6.08 Å². The van der Waals surface area contributed by atoms with Gasteiger partial charge in [0.15, 0.2) is 0 Å². The molecule has 1 aromatic carbocycles. The van der Waals surface area contributed by atoms with Gasteiger partial charge in [0.2, 0.25) is 0 Å². The molecule has 3 nitrogen and oxygen atoms in total.